The standard InChI is InChI=1S/C14H21N3O2/c1-3-16-13(18)10-17(4-2)14(19)12-7-5-11(9-15)6-8-12/h5-8H,3-4,9-10,15H2,1-2H3,(H,16,18). The van der Waals surface area contributed by atoms with E-state index in [1.54, 1.807) is 12.1 Å². The number of amides is 2. The maximum absolute atomic E-state index is 12.2. The fourth-order valence-corrected chi connectivity index (χ4v) is 1.72. The van der Waals surface area contributed by atoms with Crippen molar-refractivity contribution in [3.05, 3.63) is 35.4 Å². The van der Waals surface area contributed by atoms with Crippen molar-refractivity contribution < 1.29 is 9.59 Å². The van der Waals surface area contributed by atoms with E-state index >= 15 is 0 Å². The first kappa shape index (κ1) is 15.2. The van der Waals surface area contributed by atoms with Gasteiger partial charge in [-0.25, -0.2) is 0 Å². The van der Waals surface area contributed by atoms with Gasteiger partial charge in [-0.2, -0.15) is 0 Å². The summed E-state index contributed by atoms with van der Waals surface area (Å²) >= 11 is 0. The van der Waals surface area contributed by atoms with E-state index in [-0.39, 0.29) is 18.4 Å². The fraction of sp³-hybridized carbons (Fsp3) is 0.429. The number of nitrogens with one attached hydrogen (secondary N) is 1. The van der Waals surface area contributed by atoms with Crippen molar-refractivity contribution in [2.24, 2.45) is 5.73 Å². The Labute approximate surface area is 113 Å². The third-order valence-electron chi connectivity index (χ3n) is 2.81. The average Bonchev–Trinajstić information content (AvgIpc) is 2.44. The predicted octanol–water partition coefficient (Wildman–Crippen LogP) is 0.743. The minimum atomic E-state index is -0.142. The third kappa shape index (κ3) is 4.37. The molecule has 1 aromatic rings. The molecule has 3 N–H and O–H groups in total. The molecule has 0 aliphatic heterocycles. The lowest BCUT2D eigenvalue weighted by molar-refractivity contribution is -0.121. The van der Waals surface area contributed by atoms with Crippen molar-refractivity contribution in [2.75, 3.05) is 19.6 Å². The second-order valence-corrected chi connectivity index (χ2v) is 4.17. The third-order valence-corrected chi connectivity index (χ3v) is 2.81. The van der Waals surface area contributed by atoms with Gasteiger partial charge in [0.05, 0.1) is 6.54 Å². The highest BCUT2D eigenvalue weighted by Gasteiger charge is 2.16. The SMILES string of the molecule is CCNC(=O)CN(CC)C(=O)c1ccc(CN)cc1. The zero-order valence-corrected chi connectivity index (χ0v) is 11.5. The monoisotopic (exact) mass is 263 g/mol. The Kier molecular flexibility index (Phi) is 6.02. The van der Waals surface area contributed by atoms with Crippen molar-refractivity contribution >= 4 is 11.8 Å². The van der Waals surface area contributed by atoms with E-state index in [9.17, 15) is 9.59 Å². The van der Waals surface area contributed by atoms with E-state index in [4.69, 9.17) is 5.73 Å². The van der Waals surface area contributed by atoms with Crippen LogP contribution in [0.3, 0.4) is 0 Å². The number of benzene rings is 1. The van der Waals surface area contributed by atoms with Gasteiger partial charge in [0.2, 0.25) is 5.91 Å². The average molecular weight is 263 g/mol. The van der Waals surface area contributed by atoms with Crippen molar-refractivity contribution in [3.63, 3.8) is 0 Å². The maximum Gasteiger partial charge on any atom is 0.254 e. The lowest BCUT2D eigenvalue weighted by atomic mass is 10.1. The van der Waals surface area contributed by atoms with Crippen LogP contribution in [-0.4, -0.2) is 36.3 Å². The summed E-state index contributed by atoms with van der Waals surface area (Å²) in [6, 6.07) is 7.14. The van der Waals surface area contributed by atoms with E-state index in [1.165, 1.54) is 4.90 Å². The van der Waals surface area contributed by atoms with E-state index in [1.807, 2.05) is 26.0 Å². The van der Waals surface area contributed by atoms with Gasteiger partial charge < -0.3 is 16.0 Å². The number of nitrogens with zero attached hydrogens (tertiary/aromatic N) is 1. The van der Waals surface area contributed by atoms with Gasteiger partial charge in [0.15, 0.2) is 0 Å². The van der Waals surface area contributed by atoms with Gasteiger partial charge in [-0.1, -0.05) is 12.1 Å². The Bertz CT molecular complexity index is 429. The van der Waals surface area contributed by atoms with E-state index in [0.717, 1.165) is 5.56 Å². The molecule has 2 amide bonds. The van der Waals surface area contributed by atoms with Gasteiger partial charge >= 0.3 is 0 Å². The molecule has 1 rings (SSSR count). The minimum Gasteiger partial charge on any atom is -0.355 e. The van der Waals surface area contributed by atoms with Crippen LogP contribution in [0.4, 0.5) is 0 Å². The van der Waals surface area contributed by atoms with Crippen LogP contribution in [0.2, 0.25) is 0 Å². The number of carbonyl (C=O) groups is 2. The normalized spacial score (nSPS) is 10.1. The highest BCUT2D eigenvalue weighted by molar-refractivity contribution is 5.96. The Morgan fingerprint density at radius 2 is 1.84 bits per heavy atom. The van der Waals surface area contributed by atoms with E-state index < -0.39 is 0 Å². The topological polar surface area (TPSA) is 75.4 Å². The van der Waals surface area contributed by atoms with Crippen molar-refractivity contribution in [2.45, 2.75) is 20.4 Å². The number of carbonyl (C=O) groups excluding carboxylic acids is 2. The number of hydrogen-bond acceptors (Lipinski definition) is 3. The molecule has 0 aromatic heterocycles. The van der Waals surface area contributed by atoms with Crippen LogP contribution in [0, 0.1) is 0 Å². The maximum atomic E-state index is 12.2. The smallest absolute Gasteiger partial charge is 0.254 e. The highest BCUT2D eigenvalue weighted by atomic mass is 16.2. The van der Waals surface area contributed by atoms with Gasteiger partial charge in [0.25, 0.3) is 5.91 Å². The summed E-state index contributed by atoms with van der Waals surface area (Å²) in [6.07, 6.45) is 0. The van der Waals surface area contributed by atoms with Crippen LogP contribution >= 0.6 is 0 Å². The molecule has 0 saturated heterocycles. The van der Waals surface area contributed by atoms with Gasteiger partial charge in [-0.3, -0.25) is 9.59 Å². The summed E-state index contributed by atoms with van der Waals surface area (Å²) in [5.41, 5.74) is 7.06. The predicted molar refractivity (Wildman–Crippen MR) is 74.6 cm³/mol. The Hall–Kier alpha value is -1.88. The molecular formula is C14H21N3O2. The molecule has 0 saturated carbocycles. The second-order valence-electron chi connectivity index (χ2n) is 4.17. The molecule has 0 spiro atoms. The Balaban J connectivity index is 2.74. The van der Waals surface area contributed by atoms with Crippen molar-refractivity contribution in [1.29, 1.82) is 0 Å². The first-order valence-electron chi connectivity index (χ1n) is 6.47. The molecule has 0 unspecified atom stereocenters. The Morgan fingerprint density at radius 1 is 1.21 bits per heavy atom. The molecule has 0 bridgehead atoms. The van der Waals surface area contributed by atoms with Gasteiger partial charge in [-0.05, 0) is 31.5 Å². The number of nitrogens with two attached hydrogens (primary N) is 1. The largest absolute Gasteiger partial charge is 0.355 e. The zero-order chi connectivity index (χ0) is 14.3. The van der Waals surface area contributed by atoms with Crippen LogP contribution in [0.15, 0.2) is 24.3 Å². The molecule has 0 aliphatic carbocycles. The van der Waals surface area contributed by atoms with Crippen molar-refractivity contribution in [1.82, 2.24) is 10.2 Å². The summed E-state index contributed by atoms with van der Waals surface area (Å²) in [5, 5.41) is 2.69. The molecule has 0 aliphatic rings. The van der Waals surface area contributed by atoms with Crippen LogP contribution in [0.25, 0.3) is 0 Å². The number of rotatable bonds is 6. The molecule has 5 nitrogen and oxygen atoms in total. The summed E-state index contributed by atoms with van der Waals surface area (Å²) in [7, 11) is 0. The minimum absolute atomic E-state index is 0.0851. The van der Waals surface area contributed by atoms with Crippen LogP contribution in [0.5, 0.6) is 0 Å². The molecule has 19 heavy (non-hydrogen) atoms. The summed E-state index contributed by atoms with van der Waals surface area (Å²) in [4.78, 5) is 25.3. The molecule has 5 heteroatoms. The highest BCUT2D eigenvalue weighted by Crippen LogP contribution is 2.07. The van der Waals surface area contributed by atoms with Gasteiger partial charge in [0, 0.05) is 25.2 Å². The molecule has 0 atom stereocenters. The van der Waals surface area contributed by atoms with Gasteiger partial charge in [-0.15, -0.1) is 0 Å². The first-order valence-corrected chi connectivity index (χ1v) is 6.47. The Morgan fingerprint density at radius 3 is 2.32 bits per heavy atom. The molecule has 0 fully saturated rings. The molecular weight excluding hydrogens is 242 g/mol. The molecule has 104 valence electrons. The van der Waals surface area contributed by atoms with Crippen LogP contribution in [0.1, 0.15) is 29.8 Å². The summed E-state index contributed by atoms with van der Waals surface area (Å²) in [6.45, 7) is 5.30. The molecule has 0 radical (unpaired) electrons. The lowest BCUT2D eigenvalue weighted by Crippen LogP contribution is -2.40. The second kappa shape index (κ2) is 7.53. The summed E-state index contributed by atoms with van der Waals surface area (Å²) in [5.74, 6) is -0.284. The lowest BCUT2D eigenvalue weighted by Gasteiger charge is -2.20. The van der Waals surface area contributed by atoms with Gasteiger partial charge in [0.1, 0.15) is 0 Å². The zero-order valence-electron chi connectivity index (χ0n) is 11.5. The fourth-order valence-electron chi connectivity index (χ4n) is 1.72. The van der Waals surface area contributed by atoms with E-state index in [0.29, 0.717) is 25.2 Å². The van der Waals surface area contributed by atoms with E-state index in [2.05, 4.69) is 5.32 Å². The first-order chi connectivity index (χ1) is 9.12. The number of hydrogen-bond donors (Lipinski definition) is 2. The molecule has 0 heterocycles. The van der Waals surface area contributed by atoms with Crippen LogP contribution in [-0.2, 0) is 11.3 Å². The summed E-state index contributed by atoms with van der Waals surface area (Å²) < 4.78 is 0. The van der Waals surface area contributed by atoms with Crippen molar-refractivity contribution in [3.8, 4) is 0 Å². The number of likely N-dealkylation sites (N-methyl/N-ethyl adjacent to an activating group) is 2. The quantitative estimate of drug-likeness (QED) is 0.795. The van der Waals surface area contributed by atoms with Crippen LogP contribution < -0.4 is 11.1 Å². The molecule has 1 aromatic carbocycles.